The normalized spacial score (nSPS) is 15.1. The number of aromatic nitrogens is 4. The molecule has 0 radical (unpaired) electrons. The first-order valence-electron chi connectivity index (χ1n) is 13.3. The van der Waals surface area contributed by atoms with Gasteiger partial charge in [-0.2, -0.15) is 0 Å². The number of rotatable bonds is 6. The summed E-state index contributed by atoms with van der Waals surface area (Å²) in [5, 5.41) is 6.41. The molecule has 1 atom stereocenters. The van der Waals surface area contributed by atoms with Crippen LogP contribution >= 0.6 is 11.6 Å². The van der Waals surface area contributed by atoms with Crippen molar-refractivity contribution < 1.29 is 9.59 Å². The molecule has 11 nitrogen and oxygen atoms in total. The molecule has 12 heteroatoms. The summed E-state index contributed by atoms with van der Waals surface area (Å²) in [5.41, 5.74) is 6.93. The minimum Gasteiger partial charge on any atom is -0.381 e. The average molecular weight is 569 g/mol. The Morgan fingerprint density at radius 3 is 2.42 bits per heavy atom. The molecule has 2 amide bonds. The standard InChI is InChI=1S/C28H37ClN8O3/c1-16-22(27(40)37(35(16)6)21-10-8-7-9-19(21)29)26(39)33-18-11-13-36(14-12-18)24-23(30)31-15-20(34-24)25(38)32-17(2)28(3,4)5/h7-10,15,17-18H,11-14H2,1-6H3,(H2,30,31)(H,32,38)(H,33,39). The van der Waals surface area contributed by atoms with E-state index in [9.17, 15) is 14.4 Å². The summed E-state index contributed by atoms with van der Waals surface area (Å²) in [6.45, 7) is 10.9. The maximum absolute atomic E-state index is 13.3. The van der Waals surface area contributed by atoms with E-state index in [0.717, 1.165) is 0 Å². The van der Waals surface area contributed by atoms with E-state index in [1.807, 2.05) is 11.8 Å². The summed E-state index contributed by atoms with van der Waals surface area (Å²) in [5.74, 6) is -0.0439. The third-order valence-corrected chi connectivity index (χ3v) is 7.97. The van der Waals surface area contributed by atoms with Gasteiger partial charge in [-0.15, -0.1) is 0 Å². The summed E-state index contributed by atoms with van der Waals surface area (Å²) in [7, 11) is 1.72. The molecule has 3 heterocycles. The molecule has 0 bridgehead atoms. The summed E-state index contributed by atoms with van der Waals surface area (Å²) >= 11 is 6.32. The molecule has 4 N–H and O–H groups in total. The van der Waals surface area contributed by atoms with Crippen LogP contribution in [0.4, 0.5) is 11.6 Å². The van der Waals surface area contributed by atoms with E-state index >= 15 is 0 Å². The highest BCUT2D eigenvalue weighted by Crippen LogP contribution is 2.24. The van der Waals surface area contributed by atoms with E-state index in [-0.39, 0.29) is 40.5 Å². The third kappa shape index (κ3) is 5.84. The van der Waals surface area contributed by atoms with Crippen molar-refractivity contribution in [3.05, 3.63) is 62.8 Å². The van der Waals surface area contributed by atoms with Crippen LogP contribution in [0.1, 0.15) is 67.1 Å². The molecule has 0 aliphatic carbocycles. The topological polar surface area (TPSA) is 140 Å². The molecular formula is C28H37ClN8O3. The lowest BCUT2D eigenvalue weighted by atomic mass is 9.88. The highest BCUT2D eigenvalue weighted by Gasteiger charge is 2.29. The van der Waals surface area contributed by atoms with Crippen molar-refractivity contribution in [3.63, 3.8) is 0 Å². The number of halogens is 1. The lowest BCUT2D eigenvalue weighted by Crippen LogP contribution is -2.46. The van der Waals surface area contributed by atoms with E-state index in [1.165, 1.54) is 10.9 Å². The van der Waals surface area contributed by atoms with Crippen LogP contribution in [0.2, 0.25) is 5.02 Å². The first-order chi connectivity index (χ1) is 18.8. The SMILES string of the molecule is Cc1c(C(=O)NC2CCN(c3nc(C(=O)NC(C)C(C)(C)C)cnc3N)CC2)c(=O)n(-c2ccccc2Cl)n1C. The van der Waals surface area contributed by atoms with Crippen LogP contribution in [0.3, 0.4) is 0 Å². The van der Waals surface area contributed by atoms with Gasteiger partial charge in [0.1, 0.15) is 11.3 Å². The molecule has 40 heavy (non-hydrogen) atoms. The minimum absolute atomic E-state index is 0.0656. The molecule has 214 valence electrons. The fraction of sp³-hybridized carbons (Fsp3) is 0.464. The molecule has 1 unspecified atom stereocenters. The van der Waals surface area contributed by atoms with Crippen LogP contribution in [0.5, 0.6) is 0 Å². The monoisotopic (exact) mass is 568 g/mol. The highest BCUT2D eigenvalue weighted by atomic mass is 35.5. The zero-order chi connectivity index (χ0) is 29.4. The Balaban J connectivity index is 1.44. The Morgan fingerprint density at radius 2 is 1.80 bits per heavy atom. The Kier molecular flexibility index (Phi) is 8.25. The molecular weight excluding hydrogens is 532 g/mol. The van der Waals surface area contributed by atoms with Crippen molar-refractivity contribution in [3.8, 4) is 5.69 Å². The number of anilines is 2. The van der Waals surface area contributed by atoms with Gasteiger partial charge in [-0.25, -0.2) is 14.6 Å². The van der Waals surface area contributed by atoms with Crippen LogP contribution in [0.25, 0.3) is 5.69 Å². The Hall–Kier alpha value is -3.86. The van der Waals surface area contributed by atoms with E-state index < -0.39 is 11.5 Å². The number of nitrogens with two attached hydrogens (primary N) is 1. The fourth-order valence-corrected chi connectivity index (χ4v) is 4.79. The van der Waals surface area contributed by atoms with Crippen LogP contribution in [-0.2, 0) is 7.05 Å². The number of carbonyl (C=O) groups is 2. The zero-order valence-electron chi connectivity index (χ0n) is 23.8. The van der Waals surface area contributed by atoms with Crippen LogP contribution in [-0.4, -0.2) is 56.3 Å². The highest BCUT2D eigenvalue weighted by molar-refractivity contribution is 6.32. The summed E-state index contributed by atoms with van der Waals surface area (Å²) < 4.78 is 3.04. The summed E-state index contributed by atoms with van der Waals surface area (Å²) in [4.78, 5) is 50.0. The van der Waals surface area contributed by atoms with Crippen molar-refractivity contribution in [2.45, 2.75) is 59.5 Å². The lowest BCUT2D eigenvalue weighted by Gasteiger charge is -2.33. The fourth-order valence-electron chi connectivity index (χ4n) is 4.58. The second-order valence-electron chi connectivity index (χ2n) is 11.3. The number of amides is 2. The van der Waals surface area contributed by atoms with Crippen molar-refractivity contribution in [1.29, 1.82) is 0 Å². The number of hydrogen-bond acceptors (Lipinski definition) is 7. The molecule has 3 aromatic rings. The number of nitrogen functional groups attached to an aromatic ring is 1. The third-order valence-electron chi connectivity index (χ3n) is 7.65. The van der Waals surface area contributed by atoms with Crippen molar-refractivity contribution >= 4 is 35.1 Å². The molecule has 0 spiro atoms. The first kappa shape index (κ1) is 29.1. The Morgan fingerprint density at radius 1 is 1.15 bits per heavy atom. The Bertz CT molecular complexity index is 1480. The number of benzene rings is 1. The lowest BCUT2D eigenvalue weighted by molar-refractivity contribution is 0.0901. The second-order valence-corrected chi connectivity index (χ2v) is 11.7. The van der Waals surface area contributed by atoms with Gasteiger partial charge in [0, 0.05) is 32.2 Å². The predicted octanol–water partition coefficient (Wildman–Crippen LogP) is 3.07. The molecule has 2 aromatic heterocycles. The second kappa shape index (κ2) is 11.3. The van der Waals surface area contributed by atoms with Crippen LogP contribution in [0.15, 0.2) is 35.3 Å². The average Bonchev–Trinajstić information content (AvgIpc) is 3.12. The number of nitrogens with zero attached hydrogens (tertiary/aromatic N) is 5. The Labute approximate surface area is 238 Å². The van der Waals surface area contributed by atoms with E-state index in [0.29, 0.717) is 48.2 Å². The van der Waals surface area contributed by atoms with Gasteiger partial charge in [0.25, 0.3) is 17.4 Å². The first-order valence-corrected chi connectivity index (χ1v) is 13.7. The number of piperidine rings is 1. The quantitative estimate of drug-likeness (QED) is 0.415. The molecule has 4 rings (SSSR count). The predicted molar refractivity (Wildman–Crippen MR) is 156 cm³/mol. The minimum atomic E-state index is -0.429. The van der Waals surface area contributed by atoms with Gasteiger partial charge in [0.2, 0.25) is 0 Å². The van der Waals surface area contributed by atoms with Gasteiger partial charge in [0.05, 0.1) is 22.6 Å². The summed E-state index contributed by atoms with van der Waals surface area (Å²) in [6, 6.07) is 6.79. The van der Waals surface area contributed by atoms with Crippen molar-refractivity contribution in [1.82, 2.24) is 30.0 Å². The van der Waals surface area contributed by atoms with Gasteiger partial charge in [-0.05, 0) is 44.2 Å². The van der Waals surface area contributed by atoms with Crippen LogP contribution < -0.4 is 26.8 Å². The van der Waals surface area contributed by atoms with E-state index in [4.69, 9.17) is 17.3 Å². The number of nitrogens with one attached hydrogen (secondary N) is 2. The van der Waals surface area contributed by atoms with E-state index in [1.54, 1.807) is 42.9 Å². The van der Waals surface area contributed by atoms with Gasteiger partial charge in [-0.3, -0.25) is 19.1 Å². The van der Waals surface area contributed by atoms with E-state index in [2.05, 4.69) is 41.4 Å². The molecule has 1 aromatic carbocycles. The maximum Gasteiger partial charge on any atom is 0.284 e. The zero-order valence-corrected chi connectivity index (χ0v) is 24.5. The van der Waals surface area contributed by atoms with Gasteiger partial charge >= 0.3 is 0 Å². The van der Waals surface area contributed by atoms with Crippen LogP contribution in [0, 0.1) is 12.3 Å². The molecule has 0 saturated carbocycles. The number of carbonyl (C=O) groups excluding carboxylic acids is 2. The van der Waals surface area contributed by atoms with Gasteiger partial charge in [-0.1, -0.05) is 44.5 Å². The number of hydrogen-bond donors (Lipinski definition) is 3. The molecule has 1 saturated heterocycles. The van der Waals surface area contributed by atoms with Gasteiger partial charge < -0.3 is 21.3 Å². The smallest absolute Gasteiger partial charge is 0.284 e. The maximum atomic E-state index is 13.3. The van der Waals surface area contributed by atoms with Gasteiger partial charge in [0.15, 0.2) is 11.6 Å². The summed E-state index contributed by atoms with van der Waals surface area (Å²) in [6.07, 6.45) is 2.60. The van der Waals surface area contributed by atoms with Crippen molar-refractivity contribution in [2.75, 3.05) is 23.7 Å². The van der Waals surface area contributed by atoms with Crippen molar-refractivity contribution in [2.24, 2.45) is 12.5 Å². The molecule has 1 fully saturated rings. The molecule has 1 aliphatic heterocycles. The number of para-hydroxylation sites is 1. The largest absolute Gasteiger partial charge is 0.381 e. The molecule has 1 aliphatic rings.